The molecule has 0 saturated heterocycles. The lowest BCUT2D eigenvalue weighted by atomic mass is 10.1. The number of carbonyl (C=O) groups is 1. The Balaban J connectivity index is 4.82. The number of hydrogen-bond donors (Lipinski definition) is 2. The molecule has 0 aliphatic rings. The van der Waals surface area contributed by atoms with Crippen LogP contribution in [0, 0.1) is 5.92 Å². The summed E-state index contributed by atoms with van der Waals surface area (Å²) in [5, 5.41) is 0. The van der Waals surface area contributed by atoms with Crippen molar-refractivity contribution in [1.82, 2.24) is 9.44 Å². The Bertz CT molecular complexity index is 371. The Morgan fingerprint density at radius 3 is 2.11 bits per heavy atom. The second-order valence-electron chi connectivity index (χ2n) is 5.68. The molecule has 0 aromatic carbocycles. The Morgan fingerprint density at radius 2 is 1.78 bits per heavy atom. The van der Waals surface area contributed by atoms with E-state index in [1.807, 2.05) is 13.8 Å². The van der Waals surface area contributed by atoms with Gasteiger partial charge in [0.1, 0.15) is 6.04 Å². The van der Waals surface area contributed by atoms with E-state index in [1.54, 1.807) is 20.8 Å². The minimum atomic E-state index is -3.74. The Kier molecular flexibility index (Phi) is 6.25. The second-order valence-corrected chi connectivity index (χ2v) is 7.13. The number of ether oxygens (including phenoxy) is 1. The van der Waals surface area contributed by atoms with E-state index in [2.05, 4.69) is 14.2 Å². The smallest absolute Gasteiger partial charge is 0.323 e. The maximum atomic E-state index is 11.8. The number of nitrogens with one attached hydrogen (secondary N) is 2. The molecule has 18 heavy (non-hydrogen) atoms. The van der Waals surface area contributed by atoms with Crippen LogP contribution in [0.15, 0.2) is 0 Å². The van der Waals surface area contributed by atoms with Gasteiger partial charge in [0.05, 0.1) is 7.11 Å². The zero-order valence-corrected chi connectivity index (χ0v) is 12.7. The summed E-state index contributed by atoms with van der Waals surface area (Å²) < 4.78 is 33.0. The van der Waals surface area contributed by atoms with Gasteiger partial charge in [-0.3, -0.25) is 4.79 Å². The number of rotatable bonds is 6. The molecule has 0 saturated carbocycles. The molecule has 0 bridgehead atoms. The van der Waals surface area contributed by atoms with E-state index in [9.17, 15) is 13.2 Å². The molecule has 1 atom stereocenters. The molecular formula is C11H24N2O4S. The van der Waals surface area contributed by atoms with Gasteiger partial charge in [-0.25, -0.2) is 0 Å². The third kappa shape index (κ3) is 7.62. The minimum Gasteiger partial charge on any atom is -0.468 e. The van der Waals surface area contributed by atoms with Crippen LogP contribution in [0.3, 0.4) is 0 Å². The fraction of sp³-hybridized carbons (Fsp3) is 0.909. The number of esters is 1. The lowest BCUT2D eigenvalue weighted by Gasteiger charge is -2.24. The summed E-state index contributed by atoms with van der Waals surface area (Å²) in [6.45, 7) is 8.98. The fourth-order valence-corrected chi connectivity index (χ4v) is 2.86. The molecule has 2 N–H and O–H groups in total. The van der Waals surface area contributed by atoms with Crippen LogP contribution in [0.25, 0.3) is 0 Å². The molecule has 108 valence electrons. The third-order valence-electron chi connectivity index (χ3n) is 1.93. The summed E-state index contributed by atoms with van der Waals surface area (Å²) in [5.41, 5.74) is -0.607. The van der Waals surface area contributed by atoms with Crippen molar-refractivity contribution in [3.63, 3.8) is 0 Å². The highest BCUT2D eigenvalue weighted by atomic mass is 32.2. The molecule has 0 fully saturated rings. The predicted octanol–water partition coefficient (Wildman–Crippen LogP) is 0.797. The molecule has 0 aliphatic carbocycles. The summed E-state index contributed by atoms with van der Waals surface area (Å²) in [6.07, 6.45) is 0.387. The van der Waals surface area contributed by atoms with Gasteiger partial charge in [-0.1, -0.05) is 13.8 Å². The van der Waals surface area contributed by atoms with Gasteiger partial charge in [-0.15, -0.1) is 0 Å². The highest BCUT2D eigenvalue weighted by Crippen LogP contribution is 2.08. The Labute approximate surface area is 110 Å². The number of carbonyl (C=O) groups excluding carboxylic acids is 1. The van der Waals surface area contributed by atoms with E-state index in [0.717, 1.165) is 0 Å². The van der Waals surface area contributed by atoms with Gasteiger partial charge in [0.25, 0.3) is 10.2 Å². The molecular weight excluding hydrogens is 256 g/mol. The fourth-order valence-electron chi connectivity index (χ4n) is 1.43. The molecule has 7 heteroatoms. The molecule has 1 unspecified atom stereocenters. The quantitative estimate of drug-likeness (QED) is 0.705. The average molecular weight is 280 g/mol. The monoisotopic (exact) mass is 280 g/mol. The van der Waals surface area contributed by atoms with Crippen molar-refractivity contribution >= 4 is 16.2 Å². The summed E-state index contributed by atoms with van der Waals surface area (Å²) in [4.78, 5) is 11.5. The molecule has 0 aliphatic heterocycles. The summed E-state index contributed by atoms with van der Waals surface area (Å²) in [6, 6.07) is -0.866. The van der Waals surface area contributed by atoms with Crippen molar-refractivity contribution in [2.75, 3.05) is 7.11 Å². The van der Waals surface area contributed by atoms with Crippen LogP contribution in [0.1, 0.15) is 41.0 Å². The zero-order chi connectivity index (χ0) is 14.6. The maximum absolute atomic E-state index is 11.8. The molecule has 0 amide bonds. The lowest BCUT2D eigenvalue weighted by Crippen LogP contribution is -2.52. The molecule has 0 aromatic heterocycles. The highest BCUT2D eigenvalue weighted by molar-refractivity contribution is 7.87. The second kappa shape index (κ2) is 6.49. The van der Waals surface area contributed by atoms with Crippen LogP contribution in [0.2, 0.25) is 0 Å². The van der Waals surface area contributed by atoms with Gasteiger partial charge in [0.2, 0.25) is 0 Å². The Hall–Kier alpha value is -0.660. The summed E-state index contributed by atoms with van der Waals surface area (Å²) in [7, 11) is -2.50. The van der Waals surface area contributed by atoms with Crippen molar-refractivity contribution in [3.8, 4) is 0 Å². The van der Waals surface area contributed by atoms with Crippen LogP contribution < -0.4 is 9.44 Å². The highest BCUT2D eigenvalue weighted by Gasteiger charge is 2.28. The first-order valence-electron chi connectivity index (χ1n) is 5.86. The van der Waals surface area contributed by atoms with E-state index in [4.69, 9.17) is 0 Å². The van der Waals surface area contributed by atoms with E-state index >= 15 is 0 Å². The molecule has 0 heterocycles. The molecule has 0 aromatic rings. The zero-order valence-electron chi connectivity index (χ0n) is 11.9. The molecule has 6 nitrogen and oxygen atoms in total. The van der Waals surface area contributed by atoms with Crippen molar-refractivity contribution in [2.24, 2.45) is 5.92 Å². The van der Waals surface area contributed by atoms with Crippen molar-refractivity contribution in [2.45, 2.75) is 52.6 Å². The topological polar surface area (TPSA) is 84.5 Å². The molecule has 0 rings (SSSR count). The van der Waals surface area contributed by atoms with Crippen LogP contribution in [0.5, 0.6) is 0 Å². The van der Waals surface area contributed by atoms with Gasteiger partial charge in [-0.2, -0.15) is 17.9 Å². The predicted molar refractivity (Wildman–Crippen MR) is 70.2 cm³/mol. The van der Waals surface area contributed by atoms with Gasteiger partial charge in [0, 0.05) is 5.54 Å². The van der Waals surface area contributed by atoms with Gasteiger partial charge in [-0.05, 0) is 33.1 Å². The van der Waals surface area contributed by atoms with Gasteiger partial charge < -0.3 is 4.74 Å². The van der Waals surface area contributed by atoms with E-state index < -0.39 is 27.8 Å². The number of hydrogen-bond acceptors (Lipinski definition) is 4. The van der Waals surface area contributed by atoms with E-state index in [-0.39, 0.29) is 5.92 Å². The summed E-state index contributed by atoms with van der Waals surface area (Å²) in [5.74, 6) is -0.408. The largest absolute Gasteiger partial charge is 0.468 e. The van der Waals surface area contributed by atoms with E-state index in [1.165, 1.54) is 7.11 Å². The molecule has 0 spiro atoms. The standard InChI is InChI=1S/C11H24N2O4S/c1-8(2)7-9(10(14)17-6)12-18(15,16)13-11(3,4)5/h8-9,12-13H,7H2,1-6H3. The van der Waals surface area contributed by atoms with Gasteiger partial charge in [0.15, 0.2) is 0 Å². The van der Waals surface area contributed by atoms with Crippen molar-refractivity contribution in [3.05, 3.63) is 0 Å². The first-order valence-corrected chi connectivity index (χ1v) is 7.34. The van der Waals surface area contributed by atoms with Crippen LogP contribution in [-0.4, -0.2) is 33.1 Å². The van der Waals surface area contributed by atoms with Crippen LogP contribution >= 0.6 is 0 Å². The normalized spacial score (nSPS) is 14.6. The lowest BCUT2D eigenvalue weighted by molar-refractivity contribution is -0.143. The van der Waals surface area contributed by atoms with E-state index in [0.29, 0.717) is 6.42 Å². The average Bonchev–Trinajstić information content (AvgIpc) is 2.10. The first-order chi connectivity index (χ1) is 7.97. The number of methoxy groups -OCH3 is 1. The Morgan fingerprint density at radius 1 is 1.28 bits per heavy atom. The SMILES string of the molecule is COC(=O)C(CC(C)C)NS(=O)(=O)NC(C)(C)C. The van der Waals surface area contributed by atoms with Gasteiger partial charge >= 0.3 is 5.97 Å². The maximum Gasteiger partial charge on any atom is 0.323 e. The molecule has 0 radical (unpaired) electrons. The van der Waals surface area contributed by atoms with Crippen LogP contribution in [-0.2, 0) is 19.7 Å². The van der Waals surface area contributed by atoms with Crippen molar-refractivity contribution in [1.29, 1.82) is 0 Å². The summed E-state index contributed by atoms with van der Waals surface area (Å²) >= 11 is 0. The first kappa shape index (κ1) is 17.3. The van der Waals surface area contributed by atoms with Crippen molar-refractivity contribution < 1.29 is 17.9 Å². The third-order valence-corrected chi connectivity index (χ3v) is 3.41. The van der Waals surface area contributed by atoms with Crippen LogP contribution in [0.4, 0.5) is 0 Å². The minimum absolute atomic E-state index is 0.173.